The lowest BCUT2D eigenvalue weighted by atomic mass is 9.77. The number of pyridine rings is 1. The van der Waals surface area contributed by atoms with Crippen molar-refractivity contribution < 1.29 is 4.74 Å². The molecular formula is C80H82N4OSi. The van der Waals surface area contributed by atoms with E-state index in [2.05, 4.69) is 325 Å². The smallest absolute Gasteiger partial charge is 0.185 e. The Balaban J connectivity index is 0.958. The fourth-order valence-corrected chi connectivity index (χ4v) is 19.0. The standard InChI is InChI=1S/C80H82N4OSi/c1-76(2,3)54-27-24-26-52(42-54)64-46-58(80(13,14)15)47-65(53-43-56(78(7,8)9)45-57(44-53)79(10,11)12)75(64)83-51-82(66-32-18-19-33-67(66)83)59-28-25-29-60(49-59)85-61-38-39-73-69(50-61)84(74-48-55(40-41-81-74)77(4,5)6)68-34-20-23-37-72(68)86(73)70-35-21-16-30-62(70)63-31-17-22-36-71(63)86/h16-50H,51H2,1-15H3. The molecule has 1 aromatic heterocycles. The Bertz CT molecular complexity index is 4230. The van der Waals surface area contributed by atoms with Crippen molar-refractivity contribution in [2.75, 3.05) is 21.4 Å². The third-order valence-electron chi connectivity index (χ3n) is 18.3. The predicted molar refractivity (Wildman–Crippen MR) is 368 cm³/mol. The van der Waals surface area contributed by atoms with Crippen molar-refractivity contribution >= 4 is 68.8 Å². The van der Waals surface area contributed by atoms with Gasteiger partial charge >= 0.3 is 0 Å². The first kappa shape index (κ1) is 56.7. The van der Waals surface area contributed by atoms with E-state index >= 15 is 0 Å². The largest absolute Gasteiger partial charge is 0.457 e. The van der Waals surface area contributed by atoms with Crippen LogP contribution in [-0.4, -0.2) is 19.7 Å². The third-order valence-corrected chi connectivity index (χ3v) is 23.3. The Labute approximate surface area is 513 Å². The summed E-state index contributed by atoms with van der Waals surface area (Å²) in [6.45, 7) is 35.5. The zero-order chi connectivity index (χ0) is 60.5. The van der Waals surface area contributed by atoms with E-state index < -0.39 is 8.07 Å². The number of para-hydroxylation sites is 3. The third kappa shape index (κ3) is 9.65. The molecule has 3 aliphatic rings. The van der Waals surface area contributed by atoms with Gasteiger partial charge in [-0.25, -0.2) is 4.98 Å². The quantitative estimate of drug-likeness (QED) is 0.149. The molecule has 0 N–H and O–H groups in total. The highest BCUT2D eigenvalue weighted by Gasteiger charge is 2.54. The maximum absolute atomic E-state index is 7.23. The molecule has 10 aromatic rings. The minimum Gasteiger partial charge on any atom is -0.457 e. The monoisotopic (exact) mass is 1140 g/mol. The minimum absolute atomic E-state index is 0.0368. The first-order valence-electron chi connectivity index (χ1n) is 30.9. The average molecular weight is 1140 g/mol. The van der Waals surface area contributed by atoms with Gasteiger partial charge in [0.15, 0.2) is 8.07 Å². The molecule has 0 saturated heterocycles. The van der Waals surface area contributed by atoms with Gasteiger partial charge in [-0.1, -0.05) is 237 Å². The molecular weight excluding hydrogens is 1060 g/mol. The van der Waals surface area contributed by atoms with Crippen LogP contribution in [0.3, 0.4) is 0 Å². The molecule has 0 bridgehead atoms. The van der Waals surface area contributed by atoms with E-state index in [1.165, 1.54) is 87.6 Å². The SMILES string of the molecule is CC(C)(C)c1cccc(-c2cc(C(C)(C)C)cc(-c3cc(C(C)(C)C)cc(C(C)(C)C)c3)c2N2CN(c3cccc(Oc4ccc5c(c4)N(c4cc(C(C)(C)C)ccn4)c4ccccc4[Si]54c5ccccc5-c5ccccc54)c3)c3ccccc32)c1. The molecule has 0 aliphatic carbocycles. The Kier molecular flexibility index (Phi) is 13.4. The summed E-state index contributed by atoms with van der Waals surface area (Å²) in [5, 5.41) is 5.53. The van der Waals surface area contributed by atoms with Crippen LogP contribution in [0.1, 0.15) is 132 Å². The van der Waals surface area contributed by atoms with Crippen LogP contribution >= 0.6 is 0 Å². The van der Waals surface area contributed by atoms with Crippen LogP contribution in [0.15, 0.2) is 212 Å². The van der Waals surface area contributed by atoms with Crippen molar-refractivity contribution in [2.24, 2.45) is 0 Å². The second kappa shape index (κ2) is 20.3. The highest BCUT2D eigenvalue weighted by Crippen LogP contribution is 2.53. The topological polar surface area (TPSA) is 31.8 Å². The van der Waals surface area contributed by atoms with Crippen LogP contribution in [0.25, 0.3) is 33.4 Å². The van der Waals surface area contributed by atoms with E-state index in [0.29, 0.717) is 6.67 Å². The summed E-state index contributed by atoms with van der Waals surface area (Å²) in [6, 6.07) is 78.0. The van der Waals surface area contributed by atoms with Gasteiger partial charge in [-0.3, -0.25) is 4.90 Å². The van der Waals surface area contributed by atoms with Gasteiger partial charge in [0, 0.05) is 40.8 Å². The van der Waals surface area contributed by atoms with Gasteiger partial charge in [0.1, 0.15) is 24.0 Å². The van der Waals surface area contributed by atoms with Crippen LogP contribution in [0, 0.1) is 0 Å². The molecule has 13 rings (SSSR count). The molecule has 0 fully saturated rings. The molecule has 432 valence electrons. The number of ether oxygens (including phenoxy) is 1. The molecule has 4 heterocycles. The number of fused-ring (bicyclic) bond motifs is 10. The summed E-state index contributed by atoms with van der Waals surface area (Å²) in [6.07, 6.45) is 1.98. The van der Waals surface area contributed by atoms with Gasteiger partial charge in [-0.2, -0.15) is 0 Å². The summed E-state index contributed by atoms with van der Waals surface area (Å²) >= 11 is 0. The molecule has 86 heavy (non-hydrogen) atoms. The Morgan fingerprint density at radius 1 is 0.349 bits per heavy atom. The summed E-state index contributed by atoms with van der Waals surface area (Å²) in [5.74, 6) is 2.42. The molecule has 0 amide bonds. The van der Waals surface area contributed by atoms with E-state index in [-0.39, 0.29) is 27.1 Å². The number of hydrogen-bond donors (Lipinski definition) is 0. The number of rotatable bonds is 7. The Hall–Kier alpha value is -8.45. The first-order valence-corrected chi connectivity index (χ1v) is 32.9. The van der Waals surface area contributed by atoms with Gasteiger partial charge in [0.05, 0.1) is 22.7 Å². The summed E-state index contributed by atoms with van der Waals surface area (Å²) in [4.78, 5) is 12.6. The average Bonchev–Trinajstić information content (AvgIpc) is 1.41. The highest BCUT2D eigenvalue weighted by molar-refractivity contribution is 7.23. The number of hydrogen-bond acceptors (Lipinski definition) is 5. The van der Waals surface area contributed by atoms with Gasteiger partial charge < -0.3 is 14.5 Å². The number of anilines is 7. The van der Waals surface area contributed by atoms with E-state index in [4.69, 9.17) is 9.72 Å². The summed E-state index contributed by atoms with van der Waals surface area (Å²) < 4.78 is 7.23. The number of nitrogens with zero attached hydrogens (tertiary/aromatic N) is 4. The lowest BCUT2D eigenvalue weighted by Gasteiger charge is -2.43. The fraction of sp³-hybridized carbons (Fsp3) is 0.263. The Morgan fingerprint density at radius 2 is 0.837 bits per heavy atom. The van der Waals surface area contributed by atoms with E-state index in [1.807, 2.05) is 6.20 Å². The molecule has 0 saturated carbocycles. The van der Waals surface area contributed by atoms with Crippen LogP contribution in [0.2, 0.25) is 0 Å². The molecule has 5 nitrogen and oxygen atoms in total. The maximum Gasteiger partial charge on any atom is 0.185 e. The number of benzene rings is 9. The second-order valence-corrected chi connectivity index (χ2v) is 33.1. The zero-order valence-corrected chi connectivity index (χ0v) is 54.1. The van der Waals surface area contributed by atoms with Crippen molar-refractivity contribution in [2.45, 2.75) is 131 Å². The molecule has 9 aromatic carbocycles. The molecule has 0 atom stereocenters. The molecule has 0 unspecified atom stereocenters. The van der Waals surface area contributed by atoms with E-state index in [9.17, 15) is 0 Å². The van der Waals surface area contributed by atoms with Gasteiger partial charge in [-0.05, 0) is 159 Å². The molecule has 1 spiro atoms. The lowest BCUT2D eigenvalue weighted by Crippen LogP contribution is -2.75. The van der Waals surface area contributed by atoms with Gasteiger partial charge in [-0.15, -0.1) is 0 Å². The summed E-state index contributed by atoms with van der Waals surface area (Å²) in [7, 11) is -2.87. The fourth-order valence-electron chi connectivity index (χ4n) is 13.5. The normalized spacial score (nSPS) is 14.4. The zero-order valence-electron chi connectivity index (χ0n) is 53.1. The van der Waals surface area contributed by atoms with E-state index in [1.54, 1.807) is 0 Å². The predicted octanol–water partition coefficient (Wildman–Crippen LogP) is 19.1. The van der Waals surface area contributed by atoms with Crippen LogP contribution in [-0.2, 0) is 27.1 Å². The van der Waals surface area contributed by atoms with Crippen LogP contribution in [0.5, 0.6) is 11.5 Å². The van der Waals surface area contributed by atoms with Gasteiger partial charge in [0.25, 0.3) is 0 Å². The van der Waals surface area contributed by atoms with Crippen LogP contribution < -0.4 is 40.2 Å². The molecule has 6 heteroatoms. The van der Waals surface area contributed by atoms with Crippen molar-refractivity contribution in [1.82, 2.24) is 4.98 Å². The van der Waals surface area contributed by atoms with Crippen molar-refractivity contribution in [3.63, 3.8) is 0 Å². The van der Waals surface area contributed by atoms with Gasteiger partial charge in [0.2, 0.25) is 0 Å². The lowest BCUT2D eigenvalue weighted by molar-refractivity contribution is 0.483. The highest BCUT2D eigenvalue weighted by atomic mass is 28.3. The Morgan fingerprint density at radius 3 is 1.45 bits per heavy atom. The maximum atomic E-state index is 7.23. The van der Waals surface area contributed by atoms with Crippen molar-refractivity contribution in [1.29, 1.82) is 0 Å². The molecule has 3 aliphatic heterocycles. The van der Waals surface area contributed by atoms with Crippen molar-refractivity contribution in [3.05, 3.63) is 240 Å². The number of aromatic nitrogens is 1. The minimum atomic E-state index is -2.87. The van der Waals surface area contributed by atoms with Crippen molar-refractivity contribution in [3.8, 4) is 44.9 Å². The first-order chi connectivity index (χ1) is 40.8. The summed E-state index contributed by atoms with van der Waals surface area (Å²) in [5.41, 5.74) is 20.5. The van der Waals surface area contributed by atoms with E-state index in [0.717, 1.165) is 45.8 Å². The molecule has 0 radical (unpaired) electrons. The van der Waals surface area contributed by atoms with Crippen LogP contribution in [0.4, 0.5) is 39.9 Å². The second-order valence-electron chi connectivity index (χ2n) is 29.4.